The van der Waals surface area contributed by atoms with Gasteiger partial charge in [0.25, 0.3) is 0 Å². The van der Waals surface area contributed by atoms with E-state index in [2.05, 4.69) is 10.6 Å². The van der Waals surface area contributed by atoms with Crippen molar-refractivity contribution < 1.29 is 14.3 Å². The Hall–Kier alpha value is -1.88. The number of rotatable bonds is 5. The van der Waals surface area contributed by atoms with Gasteiger partial charge in [0.1, 0.15) is 6.61 Å². The molecule has 1 aliphatic rings. The highest BCUT2D eigenvalue weighted by atomic mass is 16.5. The van der Waals surface area contributed by atoms with Gasteiger partial charge >= 0.3 is 5.97 Å². The third-order valence-corrected chi connectivity index (χ3v) is 3.27. The molecule has 0 spiro atoms. The first kappa shape index (κ1) is 14.5. The molecule has 0 saturated carbocycles. The van der Waals surface area contributed by atoms with Crippen LogP contribution in [0.2, 0.25) is 0 Å². The molecule has 1 aromatic carbocycles. The van der Waals surface area contributed by atoms with Crippen molar-refractivity contribution in [2.24, 2.45) is 0 Å². The van der Waals surface area contributed by atoms with Crippen LogP contribution in [0.3, 0.4) is 0 Å². The van der Waals surface area contributed by atoms with Gasteiger partial charge in [-0.15, -0.1) is 0 Å². The predicted octanol–water partition coefficient (Wildman–Crippen LogP) is 0.988. The monoisotopic (exact) mass is 276 g/mol. The second-order valence-electron chi connectivity index (χ2n) is 4.87. The lowest BCUT2D eigenvalue weighted by atomic mass is 10.1. The lowest BCUT2D eigenvalue weighted by molar-refractivity contribution is -0.144. The van der Waals surface area contributed by atoms with Crippen molar-refractivity contribution >= 4 is 11.9 Å². The Morgan fingerprint density at radius 3 is 2.90 bits per heavy atom. The number of carbonyl (C=O) groups excluding carboxylic acids is 2. The smallest absolute Gasteiger partial charge is 0.320 e. The third kappa shape index (κ3) is 4.66. The van der Waals surface area contributed by atoms with Crippen LogP contribution < -0.4 is 10.6 Å². The van der Waals surface area contributed by atoms with Gasteiger partial charge in [-0.05, 0) is 24.8 Å². The Balaban J connectivity index is 1.70. The number of carbonyl (C=O) groups is 2. The number of benzene rings is 1. The van der Waals surface area contributed by atoms with Crippen LogP contribution in [0.5, 0.6) is 0 Å². The number of hydrogen-bond acceptors (Lipinski definition) is 4. The molecule has 1 unspecified atom stereocenters. The van der Waals surface area contributed by atoms with E-state index in [9.17, 15) is 9.59 Å². The summed E-state index contributed by atoms with van der Waals surface area (Å²) >= 11 is 0. The summed E-state index contributed by atoms with van der Waals surface area (Å²) in [5.74, 6) is -0.371. The van der Waals surface area contributed by atoms with E-state index in [1.807, 2.05) is 30.3 Å². The maximum atomic E-state index is 11.7. The van der Waals surface area contributed by atoms with Gasteiger partial charge in [0.15, 0.2) is 0 Å². The second-order valence-corrected chi connectivity index (χ2v) is 4.87. The van der Waals surface area contributed by atoms with Crippen molar-refractivity contribution in [2.45, 2.75) is 31.9 Å². The van der Waals surface area contributed by atoms with Crippen LogP contribution in [0.1, 0.15) is 24.8 Å². The SMILES string of the molecule is O=C(CNC1CCCCNC1=O)OCc1ccccc1. The van der Waals surface area contributed by atoms with Gasteiger partial charge in [0.05, 0.1) is 12.6 Å². The molecule has 2 rings (SSSR count). The molecular formula is C15H20N2O3. The van der Waals surface area contributed by atoms with Gasteiger partial charge in [0, 0.05) is 6.54 Å². The van der Waals surface area contributed by atoms with Gasteiger partial charge in [-0.1, -0.05) is 30.3 Å². The summed E-state index contributed by atoms with van der Waals surface area (Å²) in [5, 5.41) is 5.78. The number of amides is 1. The summed E-state index contributed by atoms with van der Waals surface area (Å²) < 4.78 is 5.15. The summed E-state index contributed by atoms with van der Waals surface area (Å²) in [6.07, 6.45) is 2.73. The van der Waals surface area contributed by atoms with Crippen molar-refractivity contribution in [1.82, 2.24) is 10.6 Å². The lowest BCUT2D eigenvalue weighted by Gasteiger charge is -2.14. The van der Waals surface area contributed by atoms with E-state index in [-0.39, 0.29) is 31.1 Å². The molecule has 1 amide bonds. The van der Waals surface area contributed by atoms with Crippen molar-refractivity contribution in [3.63, 3.8) is 0 Å². The largest absolute Gasteiger partial charge is 0.460 e. The molecule has 5 heteroatoms. The van der Waals surface area contributed by atoms with Crippen LogP contribution >= 0.6 is 0 Å². The summed E-state index contributed by atoms with van der Waals surface area (Å²) in [6, 6.07) is 9.23. The van der Waals surface area contributed by atoms with Crippen LogP contribution in [0.25, 0.3) is 0 Å². The Labute approximate surface area is 118 Å². The zero-order chi connectivity index (χ0) is 14.2. The van der Waals surface area contributed by atoms with Crippen LogP contribution in [-0.2, 0) is 20.9 Å². The summed E-state index contributed by atoms with van der Waals surface area (Å²) in [6.45, 7) is 1.04. The molecule has 20 heavy (non-hydrogen) atoms. The van der Waals surface area contributed by atoms with Crippen LogP contribution in [-0.4, -0.2) is 31.0 Å². The number of hydrogen-bond donors (Lipinski definition) is 2. The van der Waals surface area contributed by atoms with E-state index in [0.717, 1.165) is 31.4 Å². The molecule has 1 heterocycles. The van der Waals surface area contributed by atoms with E-state index >= 15 is 0 Å². The molecule has 108 valence electrons. The summed E-state index contributed by atoms with van der Waals surface area (Å²) in [4.78, 5) is 23.3. The van der Waals surface area contributed by atoms with E-state index in [1.54, 1.807) is 0 Å². The molecular weight excluding hydrogens is 256 g/mol. The quantitative estimate of drug-likeness (QED) is 0.787. The fourth-order valence-corrected chi connectivity index (χ4v) is 2.13. The molecule has 1 atom stereocenters. The molecule has 0 bridgehead atoms. The van der Waals surface area contributed by atoms with Crippen LogP contribution in [0.4, 0.5) is 0 Å². The summed E-state index contributed by atoms with van der Waals surface area (Å²) in [5.41, 5.74) is 0.952. The highest BCUT2D eigenvalue weighted by Crippen LogP contribution is 2.05. The van der Waals surface area contributed by atoms with Gasteiger partial charge in [-0.3, -0.25) is 14.9 Å². The maximum absolute atomic E-state index is 11.7. The first-order valence-corrected chi connectivity index (χ1v) is 6.96. The maximum Gasteiger partial charge on any atom is 0.320 e. The predicted molar refractivity (Wildman–Crippen MR) is 74.9 cm³/mol. The first-order chi connectivity index (χ1) is 9.75. The van der Waals surface area contributed by atoms with Crippen molar-refractivity contribution in [1.29, 1.82) is 0 Å². The Kier molecular flexibility index (Phi) is 5.55. The lowest BCUT2D eigenvalue weighted by Crippen LogP contribution is -2.44. The average molecular weight is 276 g/mol. The van der Waals surface area contributed by atoms with Gasteiger partial charge in [-0.25, -0.2) is 0 Å². The number of nitrogens with one attached hydrogen (secondary N) is 2. The van der Waals surface area contributed by atoms with E-state index in [4.69, 9.17) is 4.74 Å². The standard InChI is InChI=1S/C15H20N2O3/c18-14(20-11-12-6-2-1-3-7-12)10-17-13-8-4-5-9-16-15(13)19/h1-3,6-7,13,17H,4-5,8-11H2,(H,16,19). The molecule has 1 saturated heterocycles. The van der Waals surface area contributed by atoms with E-state index < -0.39 is 0 Å². The van der Waals surface area contributed by atoms with Crippen molar-refractivity contribution in [3.8, 4) is 0 Å². The first-order valence-electron chi connectivity index (χ1n) is 6.96. The van der Waals surface area contributed by atoms with E-state index in [0.29, 0.717) is 0 Å². The third-order valence-electron chi connectivity index (χ3n) is 3.27. The van der Waals surface area contributed by atoms with E-state index in [1.165, 1.54) is 0 Å². The Morgan fingerprint density at radius 1 is 1.30 bits per heavy atom. The van der Waals surface area contributed by atoms with Crippen LogP contribution in [0, 0.1) is 0 Å². The zero-order valence-corrected chi connectivity index (χ0v) is 11.4. The van der Waals surface area contributed by atoms with Crippen LogP contribution in [0.15, 0.2) is 30.3 Å². The zero-order valence-electron chi connectivity index (χ0n) is 11.4. The minimum atomic E-state index is -0.342. The fourth-order valence-electron chi connectivity index (χ4n) is 2.13. The number of esters is 1. The molecule has 1 aliphatic heterocycles. The highest BCUT2D eigenvalue weighted by molar-refractivity contribution is 5.82. The molecule has 1 fully saturated rings. The fraction of sp³-hybridized carbons (Fsp3) is 0.467. The van der Waals surface area contributed by atoms with Crippen molar-refractivity contribution in [2.75, 3.05) is 13.1 Å². The number of ether oxygens (including phenoxy) is 1. The average Bonchev–Trinajstić information content (AvgIpc) is 2.68. The second kappa shape index (κ2) is 7.65. The van der Waals surface area contributed by atoms with Gasteiger partial charge in [0.2, 0.25) is 5.91 Å². The molecule has 2 N–H and O–H groups in total. The minimum Gasteiger partial charge on any atom is -0.460 e. The molecule has 5 nitrogen and oxygen atoms in total. The Bertz CT molecular complexity index is 448. The topological polar surface area (TPSA) is 67.4 Å². The van der Waals surface area contributed by atoms with Gasteiger partial charge in [-0.2, -0.15) is 0 Å². The molecule has 0 aromatic heterocycles. The highest BCUT2D eigenvalue weighted by Gasteiger charge is 2.20. The normalized spacial score (nSPS) is 19.0. The van der Waals surface area contributed by atoms with Crippen molar-refractivity contribution in [3.05, 3.63) is 35.9 Å². The molecule has 1 aromatic rings. The minimum absolute atomic E-state index is 0.0293. The molecule has 0 aliphatic carbocycles. The van der Waals surface area contributed by atoms with Gasteiger partial charge < -0.3 is 10.1 Å². The summed E-state index contributed by atoms with van der Waals surface area (Å²) in [7, 11) is 0. The Morgan fingerprint density at radius 2 is 2.10 bits per heavy atom. The molecule has 0 radical (unpaired) electrons.